The minimum atomic E-state index is 1.10. The van der Waals surface area contributed by atoms with E-state index in [1.165, 1.54) is 54.9 Å². The molecule has 0 aliphatic carbocycles. The van der Waals surface area contributed by atoms with E-state index < -0.39 is 0 Å². The topological polar surface area (TPSA) is 9.86 Å². The van der Waals surface area contributed by atoms with E-state index in [2.05, 4.69) is 300 Å². The van der Waals surface area contributed by atoms with E-state index in [0.717, 1.165) is 67.5 Å². The number of nitrogens with zero attached hydrogens (tertiary/aromatic N) is 2. The van der Waals surface area contributed by atoms with Crippen molar-refractivity contribution in [1.82, 2.24) is 9.13 Å². The van der Waals surface area contributed by atoms with E-state index in [0.29, 0.717) is 0 Å². The fourth-order valence-electron chi connectivity index (χ4n) is 10.8. The minimum absolute atomic E-state index is 1.10. The second-order valence-corrected chi connectivity index (χ2v) is 18.4. The number of benzene rings is 11. The Balaban J connectivity index is 1.12. The van der Waals surface area contributed by atoms with Gasteiger partial charge in [0.15, 0.2) is 0 Å². The zero-order valence-electron chi connectivity index (χ0n) is 39.6. The summed E-state index contributed by atoms with van der Waals surface area (Å²) >= 11 is 0. The number of fused-ring (bicyclic) bond motifs is 2. The molecule has 0 bridgehead atoms. The first-order valence-electron chi connectivity index (χ1n) is 24.7. The van der Waals surface area contributed by atoms with Crippen LogP contribution in [0.5, 0.6) is 0 Å². The van der Waals surface area contributed by atoms with Crippen LogP contribution in [0.3, 0.4) is 0 Å². The lowest BCUT2D eigenvalue weighted by Crippen LogP contribution is -2.02. The Bertz CT molecular complexity index is 3620. The predicted octanol–water partition coefficient (Wildman–Crippen LogP) is 18.9. The summed E-state index contributed by atoms with van der Waals surface area (Å²) in [6.07, 6.45) is 0. The Hall–Kier alpha value is -9.50. The number of hydrogen-bond donors (Lipinski definition) is 0. The SMILES string of the molecule is c1ccc(-c2ccc(-c3c4ccc(-n5c(-c6ccccc6)ccc5-c5ccccc5)cc4c(-c4ccc(-c5ccccc5)cc4)c4ccc(-n5c(-c6ccccc6)ccc5-c5ccccc5)cc34)cc2)cc1. The van der Waals surface area contributed by atoms with Crippen molar-refractivity contribution in [2.75, 3.05) is 0 Å². The van der Waals surface area contributed by atoms with Gasteiger partial charge in [-0.15, -0.1) is 0 Å². The molecular weight excluding hydrogens is 869 g/mol. The van der Waals surface area contributed by atoms with Crippen LogP contribution in [0.15, 0.2) is 291 Å². The lowest BCUT2D eigenvalue weighted by atomic mass is 9.85. The first-order chi connectivity index (χ1) is 35.7. The third kappa shape index (κ3) is 7.73. The maximum Gasteiger partial charge on any atom is 0.0535 e. The summed E-state index contributed by atoms with van der Waals surface area (Å²) in [6.45, 7) is 0. The molecule has 13 aromatic rings. The van der Waals surface area contributed by atoms with Gasteiger partial charge in [0.25, 0.3) is 0 Å². The molecule has 0 aliphatic heterocycles. The molecule has 11 aromatic carbocycles. The Labute approximate surface area is 420 Å². The largest absolute Gasteiger partial charge is 0.309 e. The van der Waals surface area contributed by atoms with Gasteiger partial charge in [-0.3, -0.25) is 0 Å². The second-order valence-electron chi connectivity index (χ2n) is 18.4. The molecule has 338 valence electrons. The molecule has 0 spiro atoms. The van der Waals surface area contributed by atoms with E-state index in [1.54, 1.807) is 0 Å². The molecule has 0 radical (unpaired) electrons. The Kier molecular flexibility index (Phi) is 10.9. The van der Waals surface area contributed by atoms with Gasteiger partial charge in [0.1, 0.15) is 0 Å². The zero-order chi connectivity index (χ0) is 47.8. The van der Waals surface area contributed by atoms with Crippen LogP contribution in [-0.2, 0) is 0 Å². The summed E-state index contributed by atoms with van der Waals surface area (Å²) in [4.78, 5) is 0. The summed E-state index contributed by atoms with van der Waals surface area (Å²) in [6, 6.07) is 106. The van der Waals surface area contributed by atoms with Crippen LogP contribution in [0.4, 0.5) is 0 Å². The van der Waals surface area contributed by atoms with E-state index in [9.17, 15) is 0 Å². The lowest BCUT2D eigenvalue weighted by Gasteiger charge is -2.22. The molecule has 2 nitrogen and oxygen atoms in total. The molecule has 0 saturated carbocycles. The number of aromatic nitrogens is 2. The average molecular weight is 917 g/mol. The third-order valence-electron chi connectivity index (χ3n) is 14.2. The highest BCUT2D eigenvalue weighted by molar-refractivity contribution is 6.22. The molecule has 0 unspecified atom stereocenters. The van der Waals surface area contributed by atoms with Crippen molar-refractivity contribution in [2.45, 2.75) is 0 Å². The Morgan fingerprint density at radius 3 is 0.681 bits per heavy atom. The lowest BCUT2D eigenvalue weighted by molar-refractivity contribution is 1.10. The van der Waals surface area contributed by atoms with Crippen LogP contribution in [0.1, 0.15) is 0 Å². The Morgan fingerprint density at radius 2 is 0.403 bits per heavy atom. The molecule has 2 heterocycles. The standard InChI is InChI=1S/C70H48N2/c1-7-19-49(20-8-1)51-31-35-57(36-32-51)69-61-41-39-60(72-67(55-27-15-5-16-28-55)45-46-68(72)56-29-17-6-18-30-56)48-64(61)70(58-37-33-52(34-38-58)50-21-9-2-10-22-50)62-42-40-59(47-63(62)69)71-65(53-23-11-3-12-24-53)43-44-66(71)54-25-13-4-14-26-54/h1-48H. The predicted molar refractivity (Wildman–Crippen MR) is 304 cm³/mol. The van der Waals surface area contributed by atoms with Crippen LogP contribution in [0.25, 0.3) is 122 Å². The summed E-state index contributed by atoms with van der Waals surface area (Å²) in [7, 11) is 0. The first-order valence-corrected chi connectivity index (χ1v) is 24.7. The minimum Gasteiger partial charge on any atom is -0.309 e. The maximum absolute atomic E-state index is 2.44. The van der Waals surface area contributed by atoms with E-state index >= 15 is 0 Å². The highest BCUT2D eigenvalue weighted by Crippen LogP contribution is 2.47. The van der Waals surface area contributed by atoms with Crippen LogP contribution in [0.2, 0.25) is 0 Å². The van der Waals surface area contributed by atoms with Crippen molar-refractivity contribution in [3.05, 3.63) is 291 Å². The van der Waals surface area contributed by atoms with Crippen LogP contribution in [0, 0.1) is 0 Å². The highest BCUT2D eigenvalue weighted by atomic mass is 15.0. The molecule has 2 aromatic heterocycles. The fraction of sp³-hybridized carbons (Fsp3) is 0. The summed E-state index contributed by atoms with van der Waals surface area (Å²) in [5, 5.41) is 4.74. The molecule has 72 heavy (non-hydrogen) atoms. The molecule has 0 fully saturated rings. The molecule has 0 N–H and O–H groups in total. The van der Waals surface area contributed by atoms with E-state index in [4.69, 9.17) is 0 Å². The van der Waals surface area contributed by atoms with Crippen molar-refractivity contribution in [3.8, 4) is 101 Å². The van der Waals surface area contributed by atoms with Gasteiger partial charge in [-0.05, 0) is 137 Å². The molecule has 0 saturated heterocycles. The molecule has 0 atom stereocenters. The van der Waals surface area contributed by atoms with Crippen molar-refractivity contribution in [2.24, 2.45) is 0 Å². The monoisotopic (exact) mass is 916 g/mol. The Morgan fingerprint density at radius 1 is 0.167 bits per heavy atom. The zero-order valence-corrected chi connectivity index (χ0v) is 39.6. The van der Waals surface area contributed by atoms with Gasteiger partial charge in [0.05, 0.1) is 22.8 Å². The number of hydrogen-bond acceptors (Lipinski definition) is 0. The van der Waals surface area contributed by atoms with Crippen molar-refractivity contribution in [1.29, 1.82) is 0 Å². The van der Waals surface area contributed by atoms with Gasteiger partial charge in [0, 0.05) is 11.4 Å². The van der Waals surface area contributed by atoms with Crippen LogP contribution < -0.4 is 0 Å². The van der Waals surface area contributed by atoms with Gasteiger partial charge in [0.2, 0.25) is 0 Å². The molecule has 13 rings (SSSR count). The molecule has 0 amide bonds. The van der Waals surface area contributed by atoms with Gasteiger partial charge < -0.3 is 9.13 Å². The van der Waals surface area contributed by atoms with E-state index in [-0.39, 0.29) is 0 Å². The first kappa shape index (κ1) is 42.6. The highest BCUT2D eigenvalue weighted by Gasteiger charge is 2.22. The van der Waals surface area contributed by atoms with Crippen molar-refractivity contribution < 1.29 is 0 Å². The number of rotatable bonds is 10. The van der Waals surface area contributed by atoms with Crippen LogP contribution in [-0.4, -0.2) is 9.13 Å². The maximum atomic E-state index is 2.44. The van der Waals surface area contributed by atoms with Gasteiger partial charge in [-0.25, -0.2) is 0 Å². The van der Waals surface area contributed by atoms with Gasteiger partial charge >= 0.3 is 0 Å². The fourth-order valence-corrected chi connectivity index (χ4v) is 10.8. The van der Waals surface area contributed by atoms with Crippen molar-refractivity contribution in [3.63, 3.8) is 0 Å². The average Bonchev–Trinajstić information content (AvgIpc) is 4.12. The van der Waals surface area contributed by atoms with Gasteiger partial charge in [-0.1, -0.05) is 243 Å². The second kappa shape index (κ2) is 18.4. The smallest absolute Gasteiger partial charge is 0.0535 e. The van der Waals surface area contributed by atoms with Crippen LogP contribution >= 0.6 is 0 Å². The van der Waals surface area contributed by atoms with E-state index in [1.807, 2.05) is 0 Å². The summed E-state index contributed by atoms with van der Waals surface area (Å²) in [5.41, 5.74) is 20.9. The molecule has 2 heteroatoms. The normalized spacial score (nSPS) is 11.3. The van der Waals surface area contributed by atoms with Crippen molar-refractivity contribution >= 4 is 21.5 Å². The third-order valence-corrected chi connectivity index (χ3v) is 14.2. The van der Waals surface area contributed by atoms with Gasteiger partial charge in [-0.2, -0.15) is 0 Å². The quantitative estimate of drug-likeness (QED) is 0.121. The molecule has 0 aliphatic rings. The molecular formula is C70H48N2. The summed E-state index contributed by atoms with van der Waals surface area (Å²) < 4.78 is 4.88. The summed E-state index contributed by atoms with van der Waals surface area (Å²) in [5.74, 6) is 0.